The average molecular weight is 356 g/mol. The Morgan fingerprint density at radius 3 is 2.27 bits per heavy atom. The third-order valence-electron chi connectivity index (χ3n) is 3.81. The Bertz CT molecular complexity index is 732. The van der Waals surface area contributed by atoms with Crippen molar-refractivity contribution in [2.75, 3.05) is 44.3 Å². The molecule has 2 aromatic rings. The monoisotopic (exact) mass is 356 g/mol. The molecule has 1 saturated heterocycles. The molecule has 2 amide bonds. The third-order valence-corrected chi connectivity index (χ3v) is 3.81. The highest BCUT2D eigenvalue weighted by atomic mass is 16.5. The lowest BCUT2D eigenvalue weighted by Gasteiger charge is -2.26. The van der Waals surface area contributed by atoms with Gasteiger partial charge in [0.15, 0.2) is 0 Å². The van der Waals surface area contributed by atoms with Crippen LogP contribution in [0.5, 0.6) is 0 Å². The van der Waals surface area contributed by atoms with Gasteiger partial charge in [-0.2, -0.15) is 0 Å². The van der Waals surface area contributed by atoms with Crippen molar-refractivity contribution in [1.82, 2.24) is 25.6 Å². The SMILES string of the molecule is O=C(NCCNC(=O)c1cnc(N2CCOCC2)nc1)c1cccnc1. The van der Waals surface area contributed by atoms with E-state index >= 15 is 0 Å². The van der Waals surface area contributed by atoms with Gasteiger partial charge >= 0.3 is 0 Å². The van der Waals surface area contributed by atoms with Crippen LogP contribution in [-0.2, 0) is 4.74 Å². The van der Waals surface area contributed by atoms with Crippen molar-refractivity contribution in [3.8, 4) is 0 Å². The summed E-state index contributed by atoms with van der Waals surface area (Å²) in [7, 11) is 0. The van der Waals surface area contributed by atoms with Crippen molar-refractivity contribution in [2.24, 2.45) is 0 Å². The molecule has 0 saturated carbocycles. The lowest BCUT2D eigenvalue weighted by Crippen LogP contribution is -2.37. The lowest BCUT2D eigenvalue weighted by molar-refractivity contribution is 0.0927. The smallest absolute Gasteiger partial charge is 0.254 e. The Balaban J connectivity index is 1.42. The molecule has 1 aliphatic heterocycles. The van der Waals surface area contributed by atoms with Gasteiger partial charge in [-0.3, -0.25) is 14.6 Å². The fourth-order valence-corrected chi connectivity index (χ4v) is 2.42. The van der Waals surface area contributed by atoms with Crippen LogP contribution in [-0.4, -0.2) is 66.2 Å². The quantitative estimate of drug-likeness (QED) is 0.694. The van der Waals surface area contributed by atoms with Crippen LogP contribution in [0.4, 0.5) is 5.95 Å². The number of anilines is 1. The van der Waals surface area contributed by atoms with Gasteiger partial charge in [-0.05, 0) is 12.1 Å². The van der Waals surface area contributed by atoms with E-state index in [1.165, 1.54) is 18.6 Å². The number of ether oxygens (including phenoxy) is 1. The van der Waals surface area contributed by atoms with Crippen molar-refractivity contribution in [3.63, 3.8) is 0 Å². The zero-order valence-electron chi connectivity index (χ0n) is 14.2. The Morgan fingerprint density at radius 2 is 1.65 bits per heavy atom. The minimum absolute atomic E-state index is 0.231. The van der Waals surface area contributed by atoms with Gasteiger partial charge in [0.2, 0.25) is 5.95 Å². The molecule has 3 rings (SSSR count). The number of hydrogen-bond donors (Lipinski definition) is 2. The second-order valence-electron chi connectivity index (χ2n) is 5.62. The third kappa shape index (κ3) is 4.73. The predicted molar refractivity (Wildman–Crippen MR) is 94.0 cm³/mol. The predicted octanol–water partition coefficient (Wildman–Crippen LogP) is -0.132. The Morgan fingerprint density at radius 1 is 1.00 bits per heavy atom. The van der Waals surface area contributed by atoms with Crippen molar-refractivity contribution in [2.45, 2.75) is 0 Å². The van der Waals surface area contributed by atoms with Crippen molar-refractivity contribution in [3.05, 3.63) is 48.0 Å². The fraction of sp³-hybridized carbons (Fsp3) is 0.353. The number of rotatable bonds is 6. The highest BCUT2D eigenvalue weighted by Crippen LogP contribution is 2.09. The minimum Gasteiger partial charge on any atom is -0.378 e. The molecular formula is C17H20N6O3. The molecule has 0 bridgehead atoms. The summed E-state index contributed by atoms with van der Waals surface area (Å²) in [6.07, 6.45) is 6.09. The number of aromatic nitrogens is 3. The van der Waals surface area contributed by atoms with Gasteiger partial charge in [0, 0.05) is 51.0 Å². The number of nitrogens with one attached hydrogen (secondary N) is 2. The van der Waals surface area contributed by atoms with Gasteiger partial charge in [0.05, 0.1) is 24.3 Å². The van der Waals surface area contributed by atoms with Crippen LogP contribution in [0.2, 0.25) is 0 Å². The van der Waals surface area contributed by atoms with E-state index in [-0.39, 0.29) is 11.8 Å². The zero-order chi connectivity index (χ0) is 18.2. The molecule has 2 N–H and O–H groups in total. The first-order chi connectivity index (χ1) is 12.7. The molecular weight excluding hydrogens is 336 g/mol. The van der Waals surface area contributed by atoms with E-state index in [4.69, 9.17) is 4.74 Å². The van der Waals surface area contributed by atoms with Crippen LogP contribution >= 0.6 is 0 Å². The normalized spacial score (nSPS) is 13.9. The molecule has 0 aromatic carbocycles. The molecule has 136 valence electrons. The van der Waals surface area contributed by atoms with Crippen LogP contribution < -0.4 is 15.5 Å². The molecule has 1 fully saturated rings. The van der Waals surface area contributed by atoms with E-state index in [0.29, 0.717) is 43.4 Å². The van der Waals surface area contributed by atoms with Crippen LogP contribution in [0.15, 0.2) is 36.9 Å². The van der Waals surface area contributed by atoms with Gasteiger partial charge < -0.3 is 20.3 Å². The molecule has 3 heterocycles. The summed E-state index contributed by atoms with van der Waals surface area (Å²) in [4.78, 5) is 38.3. The largest absolute Gasteiger partial charge is 0.378 e. The highest BCUT2D eigenvalue weighted by Gasteiger charge is 2.14. The maximum Gasteiger partial charge on any atom is 0.254 e. The maximum atomic E-state index is 12.1. The van der Waals surface area contributed by atoms with E-state index in [1.807, 2.05) is 4.90 Å². The molecule has 9 nitrogen and oxygen atoms in total. The van der Waals surface area contributed by atoms with E-state index in [9.17, 15) is 9.59 Å². The summed E-state index contributed by atoms with van der Waals surface area (Å²) in [5, 5.41) is 5.44. The first-order valence-electron chi connectivity index (χ1n) is 8.35. The summed E-state index contributed by atoms with van der Waals surface area (Å²) in [5.74, 6) is 0.0771. The van der Waals surface area contributed by atoms with Gasteiger partial charge in [0.25, 0.3) is 11.8 Å². The molecule has 0 spiro atoms. The molecule has 2 aromatic heterocycles. The number of amides is 2. The van der Waals surface area contributed by atoms with Crippen LogP contribution in [0.1, 0.15) is 20.7 Å². The summed E-state index contributed by atoms with van der Waals surface area (Å²) in [6, 6.07) is 3.37. The molecule has 1 aliphatic rings. The van der Waals surface area contributed by atoms with Crippen molar-refractivity contribution >= 4 is 17.8 Å². The summed E-state index contributed by atoms with van der Waals surface area (Å²) >= 11 is 0. The van der Waals surface area contributed by atoms with Gasteiger partial charge in [-0.15, -0.1) is 0 Å². The van der Waals surface area contributed by atoms with Gasteiger partial charge in [-0.25, -0.2) is 9.97 Å². The maximum absolute atomic E-state index is 12.1. The van der Waals surface area contributed by atoms with E-state index in [0.717, 1.165) is 13.1 Å². The number of morpholine rings is 1. The van der Waals surface area contributed by atoms with Crippen LogP contribution in [0, 0.1) is 0 Å². The lowest BCUT2D eigenvalue weighted by atomic mass is 10.3. The molecule has 0 atom stereocenters. The topological polar surface area (TPSA) is 109 Å². The van der Waals surface area contributed by atoms with E-state index in [2.05, 4.69) is 25.6 Å². The second kappa shape index (κ2) is 8.86. The molecule has 26 heavy (non-hydrogen) atoms. The summed E-state index contributed by atoms with van der Waals surface area (Å²) in [5.41, 5.74) is 0.853. The molecule has 0 radical (unpaired) electrons. The molecule has 0 unspecified atom stereocenters. The first kappa shape index (κ1) is 17.7. The Kier molecular flexibility index (Phi) is 6.05. The number of carbonyl (C=O) groups excluding carboxylic acids is 2. The van der Waals surface area contributed by atoms with Crippen LogP contribution in [0.3, 0.4) is 0 Å². The number of carbonyl (C=O) groups is 2. The van der Waals surface area contributed by atoms with Crippen molar-refractivity contribution in [1.29, 1.82) is 0 Å². The van der Waals surface area contributed by atoms with E-state index in [1.54, 1.807) is 18.3 Å². The minimum atomic E-state index is -0.283. The molecule has 0 aliphatic carbocycles. The van der Waals surface area contributed by atoms with Crippen LogP contribution in [0.25, 0.3) is 0 Å². The zero-order valence-corrected chi connectivity index (χ0v) is 14.2. The second-order valence-corrected chi connectivity index (χ2v) is 5.62. The van der Waals surface area contributed by atoms with Gasteiger partial charge in [0.1, 0.15) is 0 Å². The number of pyridine rings is 1. The highest BCUT2D eigenvalue weighted by molar-refractivity contribution is 5.94. The Labute approximate surface area is 150 Å². The average Bonchev–Trinajstić information content (AvgIpc) is 2.72. The number of hydrogen-bond acceptors (Lipinski definition) is 7. The van der Waals surface area contributed by atoms with E-state index < -0.39 is 0 Å². The number of nitrogens with zero attached hydrogens (tertiary/aromatic N) is 4. The molecule has 9 heteroatoms. The van der Waals surface area contributed by atoms with Gasteiger partial charge in [-0.1, -0.05) is 0 Å². The fourth-order valence-electron chi connectivity index (χ4n) is 2.42. The first-order valence-corrected chi connectivity index (χ1v) is 8.35. The Hall–Kier alpha value is -3.07. The standard InChI is InChI=1S/C17H20N6O3/c24-15(13-2-1-3-18-10-13)19-4-5-20-16(25)14-11-21-17(22-12-14)23-6-8-26-9-7-23/h1-3,10-12H,4-9H2,(H,19,24)(H,20,25). The summed E-state index contributed by atoms with van der Waals surface area (Å²) < 4.78 is 5.29. The van der Waals surface area contributed by atoms with Crippen molar-refractivity contribution < 1.29 is 14.3 Å². The summed E-state index contributed by atoms with van der Waals surface area (Å²) in [6.45, 7) is 3.39.